The Morgan fingerprint density at radius 1 is 1.26 bits per heavy atom. The maximum absolute atomic E-state index is 12.5. The highest BCUT2D eigenvalue weighted by molar-refractivity contribution is 6.30. The molecular weight excluding hydrogens is 324 g/mol. The lowest BCUT2D eigenvalue weighted by Crippen LogP contribution is -2.50. The second-order valence-electron chi connectivity index (χ2n) is 6.09. The third-order valence-electron chi connectivity index (χ3n) is 4.59. The van der Waals surface area contributed by atoms with E-state index in [-0.39, 0.29) is 5.75 Å². The molecule has 1 N–H and O–H groups in total. The van der Waals surface area contributed by atoms with Crippen LogP contribution in [-0.4, -0.2) is 61.7 Å². The van der Waals surface area contributed by atoms with Gasteiger partial charge >= 0.3 is 6.61 Å². The van der Waals surface area contributed by atoms with Crippen LogP contribution in [0.25, 0.3) is 0 Å². The number of piperazine rings is 1. The van der Waals surface area contributed by atoms with Crippen LogP contribution in [0.2, 0.25) is 5.02 Å². The highest BCUT2D eigenvalue weighted by atomic mass is 35.5. The van der Waals surface area contributed by atoms with E-state index in [9.17, 15) is 8.78 Å². The molecule has 0 spiro atoms. The second kappa shape index (κ2) is 7.75. The summed E-state index contributed by atoms with van der Waals surface area (Å²) < 4.78 is 29.7. The molecule has 1 aromatic rings. The summed E-state index contributed by atoms with van der Waals surface area (Å²) in [6.45, 7) is 3.81. The van der Waals surface area contributed by atoms with Crippen molar-refractivity contribution in [2.75, 3.05) is 39.3 Å². The molecule has 0 saturated carbocycles. The summed E-state index contributed by atoms with van der Waals surface area (Å²) in [6.07, 6.45) is 1.21. The smallest absolute Gasteiger partial charge is 0.387 e. The van der Waals surface area contributed by atoms with Gasteiger partial charge in [0.25, 0.3) is 0 Å². The molecule has 2 saturated heterocycles. The maximum atomic E-state index is 12.5. The Balaban J connectivity index is 1.58. The Kier molecular flexibility index (Phi) is 5.69. The minimum Gasteiger partial charge on any atom is -0.434 e. The first-order chi connectivity index (χ1) is 11.1. The Bertz CT molecular complexity index is 518. The molecule has 4 nitrogen and oxygen atoms in total. The van der Waals surface area contributed by atoms with Gasteiger partial charge in [-0.25, -0.2) is 0 Å². The zero-order chi connectivity index (χ0) is 16.2. The second-order valence-corrected chi connectivity index (χ2v) is 6.53. The fourth-order valence-corrected chi connectivity index (χ4v) is 3.56. The molecule has 0 amide bonds. The molecule has 2 heterocycles. The van der Waals surface area contributed by atoms with Crippen LogP contribution in [0.3, 0.4) is 0 Å². The molecule has 23 heavy (non-hydrogen) atoms. The van der Waals surface area contributed by atoms with Crippen LogP contribution in [0.4, 0.5) is 8.78 Å². The predicted molar refractivity (Wildman–Crippen MR) is 86.2 cm³/mol. The molecule has 128 valence electrons. The summed E-state index contributed by atoms with van der Waals surface area (Å²) in [6, 6.07) is 5.45. The molecule has 3 rings (SSSR count). The van der Waals surface area contributed by atoms with Crippen molar-refractivity contribution in [3.63, 3.8) is 0 Å². The van der Waals surface area contributed by atoms with Crippen molar-refractivity contribution < 1.29 is 13.5 Å². The summed E-state index contributed by atoms with van der Waals surface area (Å²) in [7, 11) is 0. The van der Waals surface area contributed by atoms with Gasteiger partial charge in [0.05, 0.1) is 0 Å². The standard InChI is InChI=1S/C16H22ClF2N3O/c17-13-1-2-15(23-16(18)19)12(9-13)11-21-5-7-22(8-6-21)14-3-4-20-10-14/h1-2,9,14,16,20H,3-8,10-11H2. The van der Waals surface area contributed by atoms with Gasteiger partial charge in [-0.1, -0.05) is 11.6 Å². The zero-order valence-corrected chi connectivity index (χ0v) is 13.7. The van der Waals surface area contributed by atoms with Crippen LogP contribution < -0.4 is 10.1 Å². The van der Waals surface area contributed by atoms with Crippen molar-refractivity contribution in [2.24, 2.45) is 0 Å². The highest BCUT2D eigenvalue weighted by Crippen LogP contribution is 2.26. The van der Waals surface area contributed by atoms with Gasteiger partial charge in [-0.15, -0.1) is 0 Å². The molecule has 2 fully saturated rings. The monoisotopic (exact) mass is 345 g/mol. The number of hydrogen-bond acceptors (Lipinski definition) is 4. The van der Waals surface area contributed by atoms with E-state index in [0.29, 0.717) is 23.2 Å². The SMILES string of the molecule is FC(F)Oc1ccc(Cl)cc1CN1CCN(C2CCNC2)CC1. The topological polar surface area (TPSA) is 27.7 Å². The van der Waals surface area contributed by atoms with Crippen LogP contribution in [0, 0.1) is 0 Å². The first-order valence-electron chi connectivity index (χ1n) is 8.02. The molecule has 0 bridgehead atoms. The number of alkyl halides is 2. The number of nitrogens with zero attached hydrogens (tertiary/aromatic N) is 2. The van der Waals surface area contributed by atoms with E-state index in [1.54, 1.807) is 12.1 Å². The van der Waals surface area contributed by atoms with Crippen LogP contribution >= 0.6 is 11.6 Å². The molecule has 0 aromatic heterocycles. The average Bonchev–Trinajstić information content (AvgIpc) is 3.05. The van der Waals surface area contributed by atoms with E-state index in [2.05, 4.69) is 19.9 Å². The van der Waals surface area contributed by atoms with Crippen LogP contribution in [-0.2, 0) is 6.54 Å². The predicted octanol–water partition coefficient (Wildman–Crippen LogP) is 2.42. The van der Waals surface area contributed by atoms with Gasteiger partial charge in [-0.3, -0.25) is 9.80 Å². The van der Waals surface area contributed by atoms with Gasteiger partial charge in [-0.05, 0) is 31.2 Å². The summed E-state index contributed by atoms with van der Waals surface area (Å²) in [4.78, 5) is 4.79. The Hall–Kier alpha value is -0.950. The van der Waals surface area contributed by atoms with Crippen LogP contribution in [0.1, 0.15) is 12.0 Å². The third-order valence-corrected chi connectivity index (χ3v) is 4.83. The lowest BCUT2D eigenvalue weighted by molar-refractivity contribution is -0.0509. The summed E-state index contributed by atoms with van der Waals surface area (Å²) >= 11 is 6.00. The van der Waals surface area contributed by atoms with Gasteiger partial charge in [0.2, 0.25) is 0 Å². The van der Waals surface area contributed by atoms with Crippen LogP contribution in [0.15, 0.2) is 18.2 Å². The van der Waals surface area contributed by atoms with Gasteiger partial charge in [0, 0.05) is 55.9 Å². The Morgan fingerprint density at radius 3 is 2.70 bits per heavy atom. The summed E-state index contributed by atoms with van der Waals surface area (Å²) in [5.74, 6) is 0.215. The van der Waals surface area contributed by atoms with E-state index in [1.165, 1.54) is 12.5 Å². The van der Waals surface area contributed by atoms with Gasteiger partial charge in [0.1, 0.15) is 5.75 Å². The quantitative estimate of drug-likeness (QED) is 0.887. The van der Waals surface area contributed by atoms with Gasteiger partial charge in [0.15, 0.2) is 0 Å². The van der Waals surface area contributed by atoms with Crippen molar-refractivity contribution >= 4 is 11.6 Å². The number of nitrogens with one attached hydrogen (secondary N) is 1. The van der Waals surface area contributed by atoms with E-state index in [1.807, 2.05) is 0 Å². The molecular formula is C16H22ClF2N3O. The number of benzene rings is 1. The fourth-order valence-electron chi connectivity index (χ4n) is 3.36. The number of ether oxygens (including phenoxy) is 1. The van der Waals surface area contributed by atoms with Crippen molar-refractivity contribution in [3.8, 4) is 5.75 Å². The molecule has 1 unspecified atom stereocenters. The number of halogens is 3. The zero-order valence-electron chi connectivity index (χ0n) is 13.0. The van der Waals surface area contributed by atoms with E-state index >= 15 is 0 Å². The number of rotatable bonds is 5. The van der Waals surface area contributed by atoms with Crippen molar-refractivity contribution in [1.82, 2.24) is 15.1 Å². The lowest BCUT2D eigenvalue weighted by Gasteiger charge is -2.38. The Morgan fingerprint density at radius 2 is 2.04 bits per heavy atom. The molecule has 1 atom stereocenters. The fraction of sp³-hybridized carbons (Fsp3) is 0.625. The normalized spacial score (nSPS) is 23.6. The van der Waals surface area contributed by atoms with E-state index in [4.69, 9.17) is 11.6 Å². The van der Waals surface area contributed by atoms with Crippen molar-refractivity contribution in [1.29, 1.82) is 0 Å². The molecule has 2 aliphatic rings. The van der Waals surface area contributed by atoms with E-state index in [0.717, 1.165) is 39.3 Å². The third kappa shape index (κ3) is 4.53. The average molecular weight is 346 g/mol. The molecule has 1 aromatic carbocycles. The summed E-state index contributed by atoms with van der Waals surface area (Å²) in [5, 5.41) is 3.93. The highest BCUT2D eigenvalue weighted by Gasteiger charge is 2.26. The molecule has 0 radical (unpaired) electrons. The van der Waals surface area contributed by atoms with Crippen LogP contribution in [0.5, 0.6) is 5.75 Å². The summed E-state index contributed by atoms with van der Waals surface area (Å²) in [5.41, 5.74) is 0.716. The number of hydrogen-bond donors (Lipinski definition) is 1. The first kappa shape index (κ1) is 16.9. The Labute approximate surface area is 140 Å². The lowest BCUT2D eigenvalue weighted by atomic mass is 10.1. The molecule has 2 aliphatic heterocycles. The molecule has 7 heteroatoms. The first-order valence-corrected chi connectivity index (χ1v) is 8.40. The van der Waals surface area contributed by atoms with Crippen molar-refractivity contribution in [2.45, 2.75) is 25.6 Å². The maximum Gasteiger partial charge on any atom is 0.387 e. The molecule has 0 aliphatic carbocycles. The van der Waals surface area contributed by atoms with E-state index < -0.39 is 6.61 Å². The van der Waals surface area contributed by atoms with Gasteiger partial charge < -0.3 is 10.1 Å². The minimum absolute atomic E-state index is 0.215. The van der Waals surface area contributed by atoms with Gasteiger partial charge in [-0.2, -0.15) is 8.78 Å². The largest absolute Gasteiger partial charge is 0.434 e. The minimum atomic E-state index is -2.82. The van der Waals surface area contributed by atoms with Crippen molar-refractivity contribution in [3.05, 3.63) is 28.8 Å².